The lowest BCUT2D eigenvalue weighted by Crippen LogP contribution is -2.04. The molecule has 2 N–H and O–H groups in total. The molecule has 0 amide bonds. The zero-order valence-corrected chi connectivity index (χ0v) is 10.2. The summed E-state index contributed by atoms with van der Waals surface area (Å²) in [6.07, 6.45) is 4.74. The quantitative estimate of drug-likeness (QED) is 0.820. The standard InChI is InChI=1S/C13H17N3O/c1-3-13-15-6-7-16(13)9-10-4-5-12(17-2)11(14)8-10/h4-8H,3,9,14H2,1-2H3. The van der Waals surface area contributed by atoms with Crippen molar-refractivity contribution in [3.63, 3.8) is 0 Å². The fourth-order valence-corrected chi connectivity index (χ4v) is 1.88. The van der Waals surface area contributed by atoms with Crippen molar-refractivity contribution in [2.75, 3.05) is 12.8 Å². The summed E-state index contributed by atoms with van der Waals surface area (Å²) < 4.78 is 7.26. The Kier molecular flexibility index (Phi) is 3.32. The first kappa shape index (κ1) is 11.5. The molecule has 90 valence electrons. The lowest BCUT2D eigenvalue weighted by Gasteiger charge is -2.09. The third-order valence-corrected chi connectivity index (χ3v) is 2.76. The van der Waals surface area contributed by atoms with Crippen LogP contribution in [-0.2, 0) is 13.0 Å². The number of aryl methyl sites for hydroxylation is 1. The summed E-state index contributed by atoms with van der Waals surface area (Å²) in [6.45, 7) is 2.89. The second-order valence-corrected chi connectivity index (χ2v) is 3.90. The maximum atomic E-state index is 5.88. The predicted octanol–water partition coefficient (Wildman–Crippen LogP) is 2.08. The van der Waals surface area contributed by atoms with E-state index in [9.17, 15) is 0 Å². The average molecular weight is 231 g/mol. The van der Waals surface area contributed by atoms with Crippen molar-refractivity contribution in [1.82, 2.24) is 9.55 Å². The lowest BCUT2D eigenvalue weighted by atomic mass is 10.2. The molecule has 0 aliphatic carbocycles. The summed E-state index contributed by atoms with van der Waals surface area (Å²) in [4.78, 5) is 4.29. The van der Waals surface area contributed by atoms with Gasteiger partial charge in [0.1, 0.15) is 11.6 Å². The summed E-state index contributed by atoms with van der Waals surface area (Å²) in [5.41, 5.74) is 7.70. The number of methoxy groups -OCH3 is 1. The number of aromatic nitrogens is 2. The second-order valence-electron chi connectivity index (χ2n) is 3.90. The van der Waals surface area contributed by atoms with Crippen LogP contribution in [0.1, 0.15) is 18.3 Å². The molecule has 0 spiro atoms. The van der Waals surface area contributed by atoms with Crippen LogP contribution >= 0.6 is 0 Å². The highest BCUT2D eigenvalue weighted by atomic mass is 16.5. The van der Waals surface area contributed by atoms with Gasteiger partial charge in [0, 0.05) is 25.4 Å². The predicted molar refractivity (Wildman–Crippen MR) is 68.1 cm³/mol. The molecule has 0 fully saturated rings. The number of nitrogens with zero attached hydrogens (tertiary/aromatic N) is 2. The summed E-state index contributed by atoms with van der Waals surface area (Å²) in [7, 11) is 1.62. The number of rotatable bonds is 4. The molecule has 2 rings (SSSR count). The van der Waals surface area contributed by atoms with Crippen molar-refractivity contribution in [3.8, 4) is 5.75 Å². The van der Waals surface area contributed by atoms with E-state index in [1.807, 2.05) is 30.6 Å². The zero-order chi connectivity index (χ0) is 12.3. The molecule has 0 unspecified atom stereocenters. The van der Waals surface area contributed by atoms with Crippen molar-refractivity contribution >= 4 is 5.69 Å². The SMILES string of the molecule is CCc1nccn1Cc1ccc(OC)c(N)c1. The Morgan fingerprint density at radius 2 is 2.24 bits per heavy atom. The van der Waals surface area contributed by atoms with E-state index in [4.69, 9.17) is 10.5 Å². The van der Waals surface area contributed by atoms with Gasteiger partial charge in [0.15, 0.2) is 0 Å². The van der Waals surface area contributed by atoms with Gasteiger partial charge in [-0.15, -0.1) is 0 Å². The van der Waals surface area contributed by atoms with Crippen LogP contribution in [-0.4, -0.2) is 16.7 Å². The molecule has 0 saturated carbocycles. The average Bonchev–Trinajstić information content (AvgIpc) is 2.76. The molecular weight excluding hydrogens is 214 g/mol. The molecule has 0 bridgehead atoms. The Hall–Kier alpha value is -1.97. The number of hydrogen-bond donors (Lipinski definition) is 1. The molecule has 17 heavy (non-hydrogen) atoms. The van der Waals surface area contributed by atoms with Gasteiger partial charge in [0.2, 0.25) is 0 Å². The third-order valence-electron chi connectivity index (χ3n) is 2.76. The number of anilines is 1. The number of benzene rings is 1. The Bertz CT molecular complexity index is 505. The van der Waals surface area contributed by atoms with Crippen molar-refractivity contribution in [1.29, 1.82) is 0 Å². The van der Waals surface area contributed by atoms with Crippen molar-refractivity contribution in [2.45, 2.75) is 19.9 Å². The van der Waals surface area contributed by atoms with E-state index in [0.29, 0.717) is 5.69 Å². The maximum Gasteiger partial charge on any atom is 0.141 e. The fourth-order valence-electron chi connectivity index (χ4n) is 1.88. The molecular formula is C13H17N3O. The van der Waals surface area contributed by atoms with E-state index in [-0.39, 0.29) is 0 Å². The van der Waals surface area contributed by atoms with Crippen LogP contribution in [0.15, 0.2) is 30.6 Å². The topological polar surface area (TPSA) is 53.1 Å². The molecule has 0 atom stereocenters. The minimum absolute atomic E-state index is 0.670. The smallest absolute Gasteiger partial charge is 0.141 e. The van der Waals surface area contributed by atoms with E-state index >= 15 is 0 Å². The highest BCUT2D eigenvalue weighted by molar-refractivity contribution is 5.54. The third kappa shape index (κ3) is 2.41. The van der Waals surface area contributed by atoms with Gasteiger partial charge in [-0.1, -0.05) is 13.0 Å². The van der Waals surface area contributed by atoms with Crippen LogP contribution in [0.4, 0.5) is 5.69 Å². The molecule has 0 aliphatic heterocycles. The summed E-state index contributed by atoms with van der Waals surface area (Å²) >= 11 is 0. The number of nitrogen functional groups attached to an aromatic ring is 1. The fraction of sp³-hybridized carbons (Fsp3) is 0.308. The van der Waals surface area contributed by atoms with E-state index in [0.717, 1.165) is 30.1 Å². The number of ether oxygens (including phenoxy) is 1. The van der Waals surface area contributed by atoms with Gasteiger partial charge in [-0.2, -0.15) is 0 Å². The maximum absolute atomic E-state index is 5.88. The van der Waals surface area contributed by atoms with Crippen LogP contribution in [0.2, 0.25) is 0 Å². The molecule has 0 radical (unpaired) electrons. The number of nitrogens with two attached hydrogens (primary N) is 1. The lowest BCUT2D eigenvalue weighted by molar-refractivity contribution is 0.417. The van der Waals surface area contributed by atoms with Gasteiger partial charge in [0.05, 0.1) is 12.8 Å². The normalized spacial score (nSPS) is 10.5. The zero-order valence-electron chi connectivity index (χ0n) is 10.2. The molecule has 1 aromatic carbocycles. The minimum atomic E-state index is 0.670. The first-order valence-electron chi connectivity index (χ1n) is 5.67. The van der Waals surface area contributed by atoms with Gasteiger partial charge in [-0.25, -0.2) is 4.98 Å². The molecule has 1 heterocycles. The van der Waals surface area contributed by atoms with Crippen molar-refractivity contribution in [2.24, 2.45) is 0 Å². The van der Waals surface area contributed by atoms with E-state index in [1.165, 1.54) is 0 Å². The van der Waals surface area contributed by atoms with Crippen LogP contribution in [0.25, 0.3) is 0 Å². The highest BCUT2D eigenvalue weighted by Crippen LogP contribution is 2.22. The second kappa shape index (κ2) is 4.91. The van der Waals surface area contributed by atoms with Crippen LogP contribution < -0.4 is 10.5 Å². The molecule has 0 saturated heterocycles. The van der Waals surface area contributed by atoms with Gasteiger partial charge in [0.25, 0.3) is 0 Å². The Morgan fingerprint density at radius 1 is 1.41 bits per heavy atom. The Labute approximate surface area is 101 Å². The molecule has 0 aliphatic rings. The summed E-state index contributed by atoms with van der Waals surface area (Å²) in [6, 6.07) is 5.86. The molecule has 2 aromatic rings. The number of imidazole rings is 1. The van der Waals surface area contributed by atoms with Gasteiger partial charge in [-0.05, 0) is 17.7 Å². The molecule has 4 heteroatoms. The summed E-state index contributed by atoms with van der Waals surface area (Å²) in [5, 5.41) is 0. The monoisotopic (exact) mass is 231 g/mol. The van der Waals surface area contributed by atoms with E-state index < -0.39 is 0 Å². The van der Waals surface area contributed by atoms with Gasteiger partial charge < -0.3 is 15.0 Å². The largest absolute Gasteiger partial charge is 0.495 e. The van der Waals surface area contributed by atoms with Crippen molar-refractivity contribution < 1.29 is 4.74 Å². The summed E-state index contributed by atoms with van der Waals surface area (Å²) in [5.74, 6) is 1.80. The first-order chi connectivity index (χ1) is 8.24. The number of hydrogen-bond acceptors (Lipinski definition) is 3. The highest BCUT2D eigenvalue weighted by Gasteiger charge is 2.04. The van der Waals surface area contributed by atoms with Gasteiger partial charge in [-0.3, -0.25) is 0 Å². The van der Waals surface area contributed by atoms with Crippen LogP contribution in [0.5, 0.6) is 5.75 Å². The van der Waals surface area contributed by atoms with Crippen molar-refractivity contribution in [3.05, 3.63) is 42.0 Å². The Morgan fingerprint density at radius 3 is 2.88 bits per heavy atom. The van der Waals surface area contributed by atoms with E-state index in [2.05, 4.69) is 16.5 Å². The minimum Gasteiger partial charge on any atom is -0.495 e. The van der Waals surface area contributed by atoms with Crippen LogP contribution in [0, 0.1) is 0 Å². The molecule has 4 nitrogen and oxygen atoms in total. The van der Waals surface area contributed by atoms with Crippen LogP contribution in [0.3, 0.4) is 0 Å². The molecule has 1 aromatic heterocycles. The van der Waals surface area contributed by atoms with E-state index in [1.54, 1.807) is 7.11 Å². The van der Waals surface area contributed by atoms with Gasteiger partial charge >= 0.3 is 0 Å². The Balaban J connectivity index is 2.22. The first-order valence-corrected chi connectivity index (χ1v) is 5.67.